The lowest BCUT2D eigenvalue weighted by atomic mass is 9.87. The summed E-state index contributed by atoms with van der Waals surface area (Å²) >= 11 is 0. The van der Waals surface area contributed by atoms with E-state index in [1.807, 2.05) is 0 Å². The Morgan fingerprint density at radius 2 is 0.629 bits per heavy atom. The second kappa shape index (κ2) is 8.38. The highest BCUT2D eigenvalue weighted by Crippen LogP contribution is 2.66. The molecule has 0 rings (SSSR count). The maximum absolute atomic E-state index is 13.4. The Bertz CT molecular complexity index is 775. The maximum atomic E-state index is 13.4. The molecule has 1 nitrogen and oxygen atoms in total. The zero-order valence-electron chi connectivity index (χ0n) is 15.3. The molecule has 0 aromatic carbocycles. The van der Waals surface area contributed by atoms with E-state index in [2.05, 4.69) is 11.3 Å². The summed E-state index contributed by atoms with van der Waals surface area (Å²) in [7, 11) is 0. The van der Waals surface area contributed by atoms with E-state index in [-0.39, 0.29) is 6.08 Å². The Morgan fingerprint density at radius 1 is 0.400 bits per heavy atom. The largest absolute Gasteiger partial charge is 0.460 e. The van der Waals surface area contributed by atoms with Gasteiger partial charge in [-0.3, -0.25) is 0 Å². The SMILES string of the molecule is C=CCOC(F)(F)C(F)(F)C(F)(F)C(F)(F)C(F)(F)C(F)(F)C(F)(F)C(F)(F)C(F)(F)C(F)(F)F. The molecular weight excluding hydrogens is 571 g/mol. The van der Waals surface area contributed by atoms with Gasteiger partial charge in [0.2, 0.25) is 0 Å². The van der Waals surface area contributed by atoms with Crippen LogP contribution in [0.4, 0.5) is 92.2 Å². The van der Waals surface area contributed by atoms with Crippen molar-refractivity contribution in [2.75, 3.05) is 6.61 Å². The van der Waals surface area contributed by atoms with Crippen LogP contribution in [0.1, 0.15) is 0 Å². The van der Waals surface area contributed by atoms with Crippen molar-refractivity contribution < 1.29 is 96.9 Å². The summed E-state index contributed by atoms with van der Waals surface area (Å²) in [6.07, 6.45) is -15.0. The molecule has 0 aliphatic rings. The number of halogens is 21. The third kappa shape index (κ3) is 4.15. The number of alkyl halides is 21. The molecule has 22 heteroatoms. The van der Waals surface area contributed by atoms with Gasteiger partial charge >= 0.3 is 59.7 Å². The Morgan fingerprint density at radius 3 is 0.857 bits per heavy atom. The zero-order chi connectivity index (χ0) is 29.1. The van der Waals surface area contributed by atoms with Gasteiger partial charge in [-0.25, -0.2) is 0 Å². The molecule has 0 aromatic heterocycles. The van der Waals surface area contributed by atoms with Gasteiger partial charge in [-0.2, -0.15) is 92.2 Å². The molecule has 0 fully saturated rings. The van der Waals surface area contributed by atoms with Gasteiger partial charge in [-0.05, 0) is 0 Å². The molecule has 0 aliphatic carbocycles. The fourth-order valence-electron chi connectivity index (χ4n) is 1.80. The fraction of sp³-hybridized carbons (Fsp3) is 0.846. The van der Waals surface area contributed by atoms with E-state index in [0.29, 0.717) is 0 Å². The first-order valence-corrected chi connectivity index (χ1v) is 7.53. The average Bonchev–Trinajstić information content (AvgIpc) is 2.64. The van der Waals surface area contributed by atoms with Gasteiger partial charge in [0, 0.05) is 0 Å². The molecule has 0 bridgehead atoms. The molecule has 35 heavy (non-hydrogen) atoms. The third-order valence-electron chi connectivity index (χ3n) is 3.86. The van der Waals surface area contributed by atoms with E-state index in [1.165, 1.54) is 0 Å². The second-order valence-electron chi connectivity index (χ2n) is 6.21. The summed E-state index contributed by atoms with van der Waals surface area (Å²) in [5.74, 6) is -70.5. The minimum Gasteiger partial charge on any atom is -0.311 e. The third-order valence-corrected chi connectivity index (χ3v) is 3.86. The predicted molar refractivity (Wildman–Crippen MR) is 66.7 cm³/mol. The molecule has 0 amide bonds. The predicted octanol–water partition coefficient (Wildman–Crippen LogP) is 7.43. The van der Waals surface area contributed by atoms with Crippen LogP contribution in [0.2, 0.25) is 0 Å². The molecule has 0 atom stereocenters. The Kier molecular flexibility index (Phi) is 7.96. The van der Waals surface area contributed by atoms with Crippen LogP contribution in [0.15, 0.2) is 12.7 Å². The number of hydrogen-bond donors (Lipinski definition) is 0. The highest BCUT2D eigenvalue weighted by Gasteiger charge is 2.98. The highest BCUT2D eigenvalue weighted by molar-refractivity contribution is 5.17. The quantitative estimate of drug-likeness (QED) is 0.184. The lowest BCUT2D eigenvalue weighted by molar-refractivity contribution is -0.484. The molecule has 0 spiro atoms. The minimum atomic E-state index is -9.18. The maximum Gasteiger partial charge on any atom is 0.460 e. The average molecular weight is 576 g/mol. The van der Waals surface area contributed by atoms with Crippen LogP contribution in [0.25, 0.3) is 0 Å². The van der Waals surface area contributed by atoms with E-state index in [9.17, 15) is 92.2 Å². The molecule has 0 N–H and O–H groups in total. The molecule has 0 aliphatic heterocycles. The van der Waals surface area contributed by atoms with Gasteiger partial charge < -0.3 is 4.74 Å². The van der Waals surface area contributed by atoms with Crippen molar-refractivity contribution in [3.63, 3.8) is 0 Å². The van der Waals surface area contributed by atoms with Crippen molar-refractivity contribution in [2.24, 2.45) is 0 Å². The number of rotatable bonds is 11. The van der Waals surface area contributed by atoms with Crippen LogP contribution >= 0.6 is 0 Å². The van der Waals surface area contributed by atoms with E-state index >= 15 is 0 Å². The van der Waals surface area contributed by atoms with Gasteiger partial charge in [0.15, 0.2) is 0 Å². The normalized spacial score (nSPS) is 16.5. The topological polar surface area (TPSA) is 9.23 Å². The zero-order valence-corrected chi connectivity index (χ0v) is 15.3. The van der Waals surface area contributed by atoms with Crippen LogP contribution in [0.5, 0.6) is 0 Å². The van der Waals surface area contributed by atoms with Crippen molar-refractivity contribution in [3.8, 4) is 0 Å². The summed E-state index contributed by atoms with van der Waals surface area (Å²) in [6, 6.07) is 0. The fourth-order valence-corrected chi connectivity index (χ4v) is 1.80. The molecule has 210 valence electrons. The van der Waals surface area contributed by atoms with Crippen molar-refractivity contribution in [3.05, 3.63) is 12.7 Å². The molecule has 0 heterocycles. The summed E-state index contributed by atoms with van der Waals surface area (Å²) in [4.78, 5) is 0. The van der Waals surface area contributed by atoms with E-state index in [0.717, 1.165) is 0 Å². The monoisotopic (exact) mass is 576 g/mol. The van der Waals surface area contributed by atoms with Crippen LogP contribution in [-0.2, 0) is 4.74 Å². The van der Waals surface area contributed by atoms with Gasteiger partial charge in [-0.1, -0.05) is 6.08 Å². The number of ether oxygens (including phenoxy) is 1. The first-order chi connectivity index (χ1) is 14.8. The van der Waals surface area contributed by atoms with E-state index in [1.54, 1.807) is 0 Å². The molecule has 0 radical (unpaired) electrons. The Balaban J connectivity index is 6.99. The van der Waals surface area contributed by atoms with Crippen molar-refractivity contribution in [1.29, 1.82) is 0 Å². The lowest BCUT2D eigenvalue weighted by Gasteiger charge is -2.44. The smallest absolute Gasteiger partial charge is 0.311 e. The van der Waals surface area contributed by atoms with Crippen LogP contribution in [0.3, 0.4) is 0 Å². The van der Waals surface area contributed by atoms with Gasteiger partial charge in [0.05, 0.1) is 6.61 Å². The molecule has 0 unspecified atom stereocenters. The molecule has 0 saturated heterocycles. The van der Waals surface area contributed by atoms with Crippen molar-refractivity contribution in [2.45, 2.75) is 59.7 Å². The standard InChI is InChI=1S/C13H5F21O/c1-2-3-35-13(33,34)11(28,29)9(24,25)7(20,21)5(16,17)4(14,15)6(18,19)8(22,23)10(26,27)12(30,31)32/h2H,1,3H2. The summed E-state index contributed by atoms with van der Waals surface area (Å²) in [5.41, 5.74) is 0. The molecular formula is C13H5F21O. The van der Waals surface area contributed by atoms with Crippen LogP contribution < -0.4 is 0 Å². The summed E-state index contributed by atoms with van der Waals surface area (Å²) in [5, 5.41) is 0. The van der Waals surface area contributed by atoms with Crippen LogP contribution in [-0.4, -0.2) is 66.3 Å². The minimum absolute atomic E-state index is 0.00644. The van der Waals surface area contributed by atoms with Crippen molar-refractivity contribution >= 4 is 0 Å². The van der Waals surface area contributed by atoms with Crippen LogP contribution in [0, 0.1) is 0 Å². The summed E-state index contributed by atoms with van der Waals surface area (Å²) in [6.45, 7) is 0.483. The molecule has 0 saturated carbocycles. The molecule has 0 aromatic rings. The van der Waals surface area contributed by atoms with Gasteiger partial charge in [0.25, 0.3) is 0 Å². The van der Waals surface area contributed by atoms with E-state index < -0.39 is 66.3 Å². The second-order valence-corrected chi connectivity index (χ2v) is 6.21. The van der Waals surface area contributed by atoms with E-state index in [4.69, 9.17) is 0 Å². The van der Waals surface area contributed by atoms with Gasteiger partial charge in [0.1, 0.15) is 0 Å². The summed E-state index contributed by atoms with van der Waals surface area (Å²) < 4.78 is 276. The first kappa shape index (κ1) is 33.2. The highest BCUT2D eigenvalue weighted by atomic mass is 19.4. The van der Waals surface area contributed by atoms with Crippen molar-refractivity contribution in [1.82, 2.24) is 0 Å². The number of hydrogen-bond acceptors (Lipinski definition) is 1. The Labute approximate surface area is 177 Å². The Hall–Kier alpha value is -1.77. The van der Waals surface area contributed by atoms with Gasteiger partial charge in [-0.15, -0.1) is 6.58 Å². The first-order valence-electron chi connectivity index (χ1n) is 7.53. The lowest BCUT2D eigenvalue weighted by Crippen LogP contribution is -2.77.